The average molecular weight is 426 g/mol. The van der Waals surface area contributed by atoms with Crippen LogP contribution in [0.2, 0.25) is 0 Å². The van der Waals surface area contributed by atoms with Gasteiger partial charge in [0.15, 0.2) is 5.11 Å². The van der Waals surface area contributed by atoms with E-state index in [0.29, 0.717) is 18.5 Å². The molecule has 0 aromatic heterocycles. The molecule has 1 aliphatic carbocycles. The summed E-state index contributed by atoms with van der Waals surface area (Å²) in [6, 6.07) is 9.94. The summed E-state index contributed by atoms with van der Waals surface area (Å²) in [6.45, 7) is -2.60. The van der Waals surface area contributed by atoms with Crippen molar-refractivity contribution in [2.75, 3.05) is 16.8 Å². The van der Waals surface area contributed by atoms with Gasteiger partial charge >= 0.3 is 0 Å². The van der Waals surface area contributed by atoms with Gasteiger partial charge < -0.3 is 10.2 Å². The molecule has 4 rings (SSSR count). The van der Waals surface area contributed by atoms with Gasteiger partial charge in [-0.1, -0.05) is 0 Å². The van der Waals surface area contributed by atoms with Crippen LogP contribution in [0.25, 0.3) is 0 Å². The van der Waals surface area contributed by atoms with Crippen LogP contribution < -0.4 is 15.1 Å². The van der Waals surface area contributed by atoms with Crippen molar-refractivity contribution in [1.82, 2.24) is 5.32 Å². The molecule has 2 aromatic rings. The molecule has 0 radical (unpaired) electrons. The first-order chi connectivity index (χ1) is 15.5. The lowest BCUT2D eigenvalue weighted by molar-refractivity contribution is -0.123. The fraction of sp³-hybridized carbons (Fsp3) is 0.273. The van der Waals surface area contributed by atoms with Crippen molar-refractivity contribution < 1.29 is 18.1 Å². The Bertz CT molecular complexity index is 1240. The van der Waals surface area contributed by atoms with Gasteiger partial charge in [-0.25, -0.2) is 4.39 Å². The van der Waals surface area contributed by atoms with Gasteiger partial charge in [-0.15, -0.1) is 0 Å². The van der Waals surface area contributed by atoms with E-state index in [2.05, 4.69) is 5.32 Å². The van der Waals surface area contributed by atoms with Gasteiger partial charge in [0.1, 0.15) is 11.4 Å². The molecule has 2 amide bonds. The quantitative estimate of drug-likeness (QED) is 0.763. The molecule has 2 aromatic carbocycles. The van der Waals surface area contributed by atoms with E-state index < -0.39 is 30.0 Å². The van der Waals surface area contributed by atoms with E-state index in [0.717, 1.165) is 12.5 Å². The van der Waals surface area contributed by atoms with Crippen LogP contribution >= 0.6 is 12.2 Å². The second-order valence-electron chi connectivity index (χ2n) is 7.23. The first-order valence-corrected chi connectivity index (χ1v) is 9.71. The Morgan fingerprint density at radius 1 is 1.33 bits per heavy atom. The normalized spacial score (nSPS) is 19.0. The Balaban J connectivity index is 1.84. The number of halogens is 1. The molecule has 0 bridgehead atoms. The highest BCUT2D eigenvalue weighted by Gasteiger charge is 2.59. The van der Waals surface area contributed by atoms with Crippen molar-refractivity contribution in [2.24, 2.45) is 0 Å². The molecule has 1 spiro atoms. The predicted octanol–water partition coefficient (Wildman–Crippen LogP) is 3.43. The van der Waals surface area contributed by atoms with E-state index in [9.17, 15) is 19.2 Å². The second kappa shape index (κ2) is 7.18. The summed E-state index contributed by atoms with van der Waals surface area (Å²) in [5.41, 5.74) is -0.865. The van der Waals surface area contributed by atoms with Gasteiger partial charge in [-0.3, -0.25) is 14.5 Å². The Hall–Kier alpha value is -3.31. The number of hydrogen-bond donors (Lipinski definition) is 1. The van der Waals surface area contributed by atoms with Gasteiger partial charge in [-0.05, 0) is 80.3 Å². The zero-order valence-electron chi connectivity index (χ0n) is 19.0. The van der Waals surface area contributed by atoms with Gasteiger partial charge in [0, 0.05) is 16.8 Å². The third-order valence-corrected chi connectivity index (χ3v) is 6.01. The number of carbonyl (C=O) groups is 2. The molecule has 1 aliphatic heterocycles. The minimum absolute atomic E-state index is 0.0157. The van der Waals surface area contributed by atoms with Gasteiger partial charge in [0.2, 0.25) is 0 Å². The smallest absolute Gasteiger partial charge is 0.259 e. The topological polar surface area (TPSA) is 76.4 Å². The van der Waals surface area contributed by atoms with Crippen LogP contribution in [0.15, 0.2) is 36.4 Å². The maximum Gasteiger partial charge on any atom is 0.259 e. The van der Waals surface area contributed by atoms with Crippen LogP contribution in [0.1, 0.15) is 44.9 Å². The van der Waals surface area contributed by atoms with E-state index in [1.165, 1.54) is 42.3 Å². The lowest BCUT2D eigenvalue weighted by Crippen LogP contribution is -2.55. The summed E-state index contributed by atoms with van der Waals surface area (Å²) in [5.74, 6) is -1.75. The average Bonchev–Trinajstić information content (AvgIpc) is 2.98. The maximum atomic E-state index is 14.7. The van der Waals surface area contributed by atoms with Crippen LogP contribution in [0, 0.1) is 24.0 Å². The third kappa shape index (κ3) is 2.77. The molecular weight excluding hydrogens is 403 g/mol. The number of nitrogens with one attached hydrogen (secondary N) is 1. The minimum Gasteiger partial charge on any atom is -0.355 e. The number of thiocarbonyl (C=S) groups is 1. The zero-order valence-corrected chi connectivity index (χ0v) is 16.8. The van der Waals surface area contributed by atoms with Crippen molar-refractivity contribution in [3.63, 3.8) is 0 Å². The second-order valence-corrected chi connectivity index (χ2v) is 7.60. The Morgan fingerprint density at radius 3 is 2.67 bits per heavy atom. The van der Waals surface area contributed by atoms with E-state index in [1.807, 2.05) is 6.07 Å². The van der Waals surface area contributed by atoms with Crippen molar-refractivity contribution in [2.45, 2.75) is 31.7 Å². The van der Waals surface area contributed by atoms with Crippen molar-refractivity contribution >= 4 is 40.5 Å². The molecule has 152 valence electrons. The van der Waals surface area contributed by atoms with Crippen LogP contribution in [0.4, 0.5) is 15.8 Å². The van der Waals surface area contributed by atoms with Gasteiger partial charge in [0.25, 0.3) is 11.8 Å². The first-order valence-electron chi connectivity index (χ1n) is 10.8. The lowest BCUT2D eigenvalue weighted by atomic mass is 9.75. The van der Waals surface area contributed by atoms with Crippen molar-refractivity contribution in [3.8, 4) is 6.07 Å². The summed E-state index contributed by atoms with van der Waals surface area (Å²) in [7, 11) is 1.39. The van der Waals surface area contributed by atoms with Crippen LogP contribution in [-0.2, 0) is 4.79 Å². The standard InChI is InChI=1S/C22H19FN4O2S/c1-13-10-14(12-24)4-7-18(13)26-20(29)22(8-3-9-22)27(21(26)30)15-5-6-16(17(23)11-15)19(28)25-2/h4-7,10-11H,3,8-9H2,1-2H3,(H,25,28)/i1D3. The number of rotatable bonds is 3. The van der Waals surface area contributed by atoms with Crippen molar-refractivity contribution in [1.29, 1.82) is 5.26 Å². The van der Waals surface area contributed by atoms with E-state index >= 15 is 0 Å². The highest BCUT2D eigenvalue weighted by atomic mass is 32.1. The number of hydrogen-bond acceptors (Lipinski definition) is 4. The highest BCUT2D eigenvalue weighted by molar-refractivity contribution is 7.81. The van der Waals surface area contributed by atoms with E-state index in [4.69, 9.17) is 16.3 Å². The molecule has 1 N–H and O–H groups in total. The fourth-order valence-corrected chi connectivity index (χ4v) is 4.42. The molecule has 30 heavy (non-hydrogen) atoms. The van der Waals surface area contributed by atoms with Gasteiger partial charge in [0.05, 0.1) is 22.9 Å². The number of benzene rings is 2. The first kappa shape index (κ1) is 16.5. The number of carbonyl (C=O) groups excluding carboxylic acids is 2. The molecular formula is C22H19FN4O2S. The summed E-state index contributed by atoms with van der Waals surface area (Å²) in [4.78, 5) is 28.2. The zero-order chi connectivity index (χ0) is 24.1. The minimum atomic E-state index is -2.60. The SMILES string of the molecule is [2H]C([2H])([2H])c1cc(C#N)ccc1N1C(=O)C2(CCC2)N(c2ccc(C(=O)NC)c(F)c2)C1=S. The van der Waals surface area contributed by atoms with Crippen LogP contribution in [0.5, 0.6) is 0 Å². The van der Waals surface area contributed by atoms with Crippen LogP contribution in [0.3, 0.4) is 0 Å². The fourth-order valence-electron chi connectivity index (χ4n) is 3.96. The molecule has 1 saturated carbocycles. The Kier molecular flexibility index (Phi) is 3.95. The summed E-state index contributed by atoms with van der Waals surface area (Å²) >= 11 is 5.63. The summed E-state index contributed by atoms with van der Waals surface area (Å²) in [5, 5.41) is 11.6. The third-order valence-electron chi connectivity index (χ3n) is 5.64. The number of anilines is 2. The maximum absolute atomic E-state index is 14.7. The van der Waals surface area contributed by atoms with E-state index in [1.54, 1.807) is 4.90 Å². The van der Waals surface area contributed by atoms with E-state index in [-0.39, 0.29) is 27.5 Å². The van der Waals surface area contributed by atoms with Crippen molar-refractivity contribution in [3.05, 3.63) is 58.9 Å². The Morgan fingerprint density at radius 2 is 2.10 bits per heavy atom. The number of amides is 2. The summed E-state index contributed by atoms with van der Waals surface area (Å²) in [6.07, 6.45) is 1.67. The van der Waals surface area contributed by atoms with Gasteiger partial charge in [-0.2, -0.15) is 5.26 Å². The largest absolute Gasteiger partial charge is 0.355 e. The number of nitriles is 1. The molecule has 0 atom stereocenters. The molecule has 2 fully saturated rings. The Labute approximate surface area is 183 Å². The molecule has 6 nitrogen and oxygen atoms in total. The molecule has 1 heterocycles. The highest BCUT2D eigenvalue weighted by Crippen LogP contribution is 2.48. The van der Waals surface area contributed by atoms with Crippen LogP contribution in [-0.4, -0.2) is 29.5 Å². The molecule has 0 unspecified atom stereocenters. The molecule has 2 aliphatic rings. The monoisotopic (exact) mass is 425 g/mol. The number of nitrogens with zero attached hydrogens (tertiary/aromatic N) is 3. The lowest BCUT2D eigenvalue weighted by Gasteiger charge is -2.43. The molecule has 1 saturated heterocycles. The number of aryl methyl sites for hydroxylation is 1. The predicted molar refractivity (Wildman–Crippen MR) is 115 cm³/mol. The molecule has 8 heteroatoms. The summed E-state index contributed by atoms with van der Waals surface area (Å²) < 4.78 is 38.4.